The molecule has 4 N–H and O–H groups in total. The first-order chi connectivity index (χ1) is 8.45. The Balaban J connectivity index is 2.39. The number of hydrogen-bond acceptors (Lipinski definition) is 6. The molecule has 18 heavy (non-hydrogen) atoms. The van der Waals surface area contributed by atoms with Crippen LogP contribution in [0.25, 0.3) is 0 Å². The van der Waals surface area contributed by atoms with Crippen molar-refractivity contribution < 1.29 is 14.9 Å². The minimum Gasteiger partial charge on any atom is -0.394 e. The fourth-order valence-electron chi connectivity index (χ4n) is 1.72. The number of hydrogen-bond donors (Lipinski definition) is 3. The van der Waals surface area contributed by atoms with Crippen LogP contribution in [-0.2, 0) is 4.74 Å². The molecule has 9 heteroatoms. The zero-order valence-corrected chi connectivity index (χ0v) is 12.8. The molecule has 2 rings (SSSR count). The number of nitrogen functional groups attached to an aromatic ring is 1. The normalized spacial score (nSPS) is 31.8. The van der Waals surface area contributed by atoms with Crippen LogP contribution in [0.5, 0.6) is 0 Å². The first kappa shape index (κ1) is 14.2. The third-order valence-corrected chi connectivity index (χ3v) is 4.51. The fraction of sp³-hybridized carbons (Fsp3) is 0.556. The van der Waals surface area contributed by atoms with E-state index in [1.54, 1.807) is 0 Å². The summed E-state index contributed by atoms with van der Waals surface area (Å²) in [7, 11) is 0. The monoisotopic (exact) mass is 431 g/mol. The Labute approximate surface area is 124 Å². The molecule has 1 aromatic heterocycles. The maximum Gasteiger partial charge on any atom is 0.351 e. The molecule has 2 heterocycles. The molecule has 0 saturated carbocycles. The number of nitrogens with zero attached hydrogens (tertiary/aromatic N) is 2. The zero-order valence-electron chi connectivity index (χ0n) is 9.03. The first-order valence-corrected chi connectivity index (χ1v) is 7.07. The summed E-state index contributed by atoms with van der Waals surface area (Å²) in [6, 6.07) is 0. The Hall–Kier alpha value is -0.230. The van der Waals surface area contributed by atoms with Crippen LogP contribution in [0.3, 0.4) is 0 Å². The van der Waals surface area contributed by atoms with E-state index in [2.05, 4.69) is 20.9 Å². The highest BCUT2D eigenvalue weighted by Crippen LogP contribution is 2.33. The Kier molecular flexibility index (Phi) is 4.26. The molecule has 0 aromatic carbocycles. The number of aliphatic hydroxyl groups is 2. The highest BCUT2D eigenvalue weighted by molar-refractivity contribution is 14.1. The standard InChI is InChI=1S/C9H11BrIN3O4/c10-5-6(16)4(2-15)18-8(5)14-1-3(11)7(12)13-9(14)17/h1,4-6,8,15-16H,2H2,(H2,12,13,17)/t4-,5-,6-,8-/m1/s1. The molecule has 0 unspecified atom stereocenters. The van der Waals surface area contributed by atoms with Gasteiger partial charge in [-0.05, 0) is 22.6 Å². The van der Waals surface area contributed by atoms with Crippen molar-refractivity contribution in [3.63, 3.8) is 0 Å². The molecular formula is C9H11BrIN3O4. The predicted octanol–water partition coefficient (Wildman–Crippen LogP) is -0.556. The van der Waals surface area contributed by atoms with Crippen molar-refractivity contribution in [2.24, 2.45) is 0 Å². The number of aliphatic hydroxyl groups excluding tert-OH is 2. The largest absolute Gasteiger partial charge is 0.394 e. The predicted molar refractivity (Wildman–Crippen MR) is 75.3 cm³/mol. The zero-order chi connectivity index (χ0) is 13.4. The van der Waals surface area contributed by atoms with Crippen molar-refractivity contribution in [3.05, 3.63) is 20.3 Å². The van der Waals surface area contributed by atoms with Gasteiger partial charge in [0.25, 0.3) is 0 Å². The van der Waals surface area contributed by atoms with Crippen LogP contribution >= 0.6 is 38.5 Å². The van der Waals surface area contributed by atoms with Crippen LogP contribution in [0.4, 0.5) is 5.82 Å². The molecular weight excluding hydrogens is 421 g/mol. The molecule has 0 bridgehead atoms. The molecule has 0 spiro atoms. The fourth-order valence-corrected chi connectivity index (χ4v) is 2.86. The summed E-state index contributed by atoms with van der Waals surface area (Å²) in [5, 5.41) is 18.9. The van der Waals surface area contributed by atoms with Gasteiger partial charge in [0, 0.05) is 6.20 Å². The summed E-state index contributed by atoms with van der Waals surface area (Å²) >= 11 is 5.21. The van der Waals surface area contributed by atoms with Crippen LogP contribution in [0.2, 0.25) is 0 Å². The van der Waals surface area contributed by atoms with E-state index >= 15 is 0 Å². The summed E-state index contributed by atoms with van der Waals surface area (Å²) < 4.78 is 7.28. The van der Waals surface area contributed by atoms with E-state index in [9.17, 15) is 9.90 Å². The van der Waals surface area contributed by atoms with Crippen molar-refractivity contribution in [1.82, 2.24) is 9.55 Å². The first-order valence-electron chi connectivity index (χ1n) is 5.08. The van der Waals surface area contributed by atoms with Crippen LogP contribution < -0.4 is 11.4 Å². The van der Waals surface area contributed by atoms with Gasteiger partial charge in [-0.25, -0.2) is 4.79 Å². The van der Waals surface area contributed by atoms with Gasteiger partial charge < -0.3 is 20.7 Å². The topological polar surface area (TPSA) is 111 Å². The van der Waals surface area contributed by atoms with Crippen molar-refractivity contribution in [3.8, 4) is 0 Å². The molecule has 0 radical (unpaired) electrons. The molecule has 0 amide bonds. The number of nitrogens with two attached hydrogens (primary N) is 1. The van der Waals surface area contributed by atoms with E-state index < -0.39 is 29.0 Å². The Bertz CT molecular complexity index is 511. The number of alkyl halides is 1. The number of anilines is 1. The van der Waals surface area contributed by atoms with Gasteiger partial charge in [0.15, 0.2) is 6.23 Å². The van der Waals surface area contributed by atoms with Crippen LogP contribution in [-0.4, -0.2) is 43.4 Å². The Morgan fingerprint density at radius 2 is 2.33 bits per heavy atom. The van der Waals surface area contributed by atoms with Gasteiger partial charge >= 0.3 is 5.69 Å². The van der Waals surface area contributed by atoms with Gasteiger partial charge in [0.1, 0.15) is 11.9 Å². The summed E-state index contributed by atoms with van der Waals surface area (Å²) in [6.07, 6.45) is -0.855. The van der Waals surface area contributed by atoms with Crippen LogP contribution in [0.15, 0.2) is 11.0 Å². The van der Waals surface area contributed by atoms with Crippen LogP contribution in [0, 0.1) is 3.57 Å². The molecule has 100 valence electrons. The average Bonchev–Trinajstić information content (AvgIpc) is 2.61. The second kappa shape index (κ2) is 5.41. The second-order valence-electron chi connectivity index (χ2n) is 3.85. The van der Waals surface area contributed by atoms with E-state index in [1.165, 1.54) is 10.8 Å². The lowest BCUT2D eigenvalue weighted by molar-refractivity contribution is -0.0456. The summed E-state index contributed by atoms with van der Waals surface area (Å²) in [4.78, 5) is 14.9. The highest BCUT2D eigenvalue weighted by Gasteiger charge is 2.43. The van der Waals surface area contributed by atoms with Gasteiger partial charge in [-0.1, -0.05) is 15.9 Å². The highest BCUT2D eigenvalue weighted by atomic mass is 127. The minimum absolute atomic E-state index is 0.153. The van der Waals surface area contributed by atoms with Gasteiger partial charge in [0.2, 0.25) is 0 Å². The second-order valence-corrected chi connectivity index (χ2v) is 6.07. The van der Waals surface area contributed by atoms with Gasteiger partial charge in [0.05, 0.1) is 21.1 Å². The summed E-state index contributed by atoms with van der Waals surface area (Å²) in [6.45, 7) is -0.325. The molecule has 1 aliphatic rings. The van der Waals surface area contributed by atoms with Gasteiger partial charge in [-0.15, -0.1) is 0 Å². The maximum absolute atomic E-state index is 11.8. The number of ether oxygens (including phenoxy) is 1. The lowest BCUT2D eigenvalue weighted by Crippen LogP contribution is -2.33. The molecule has 1 fully saturated rings. The quantitative estimate of drug-likeness (QED) is 0.428. The van der Waals surface area contributed by atoms with Crippen molar-refractivity contribution >= 4 is 44.3 Å². The SMILES string of the molecule is Nc1nc(=O)n([C@@H]2O[C@H](CO)[C@@H](O)[C@H]2Br)cc1I. The molecule has 4 atom stereocenters. The van der Waals surface area contributed by atoms with Crippen molar-refractivity contribution in [1.29, 1.82) is 0 Å². The molecule has 1 aromatic rings. The summed E-state index contributed by atoms with van der Waals surface area (Å²) in [5.41, 5.74) is 4.97. The maximum atomic E-state index is 11.8. The number of rotatable bonds is 2. The molecule has 1 saturated heterocycles. The van der Waals surface area contributed by atoms with E-state index in [4.69, 9.17) is 15.6 Å². The third kappa shape index (κ3) is 2.41. The number of halogens is 2. The Morgan fingerprint density at radius 1 is 1.67 bits per heavy atom. The van der Waals surface area contributed by atoms with Crippen molar-refractivity contribution in [2.45, 2.75) is 23.3 Å². The van der Waals surface area contributed by atoms with E-state index in [-0.39, 0.29) is 12.4 Å². The lowest BCUT2D eigenvalue weighted by atomic mass is 10.2. The molecule has 0 aliphatic carbocycles. The average molecular weight is 432 g/mol. The Morgan fingerprint density at radius 3 is 2.89 bits per heavy atom. The molecule has 7 nitrogen and oxygen atoms in total. The lowest BCUT2D eigenvalue weighted by Gasteiger charge is -2.17. The third-order valence-electron chi connectivity index (χ3n) is 2.68. The molecule has 1 aliphatic heterocycles. The van der Waals surface area contributed by atoms with E-state index in [0.29, 0.717) is 3.57 Å². The smallest absolute Gasteiger partial charge is 0.351 e. The minimum atomic E-state index is -0.901. The van der Waals surface area contributed by atoms with Crippen LogP contribution in [0.1, 0.15) is 6.23 Å². The van der Waals surface area contributed by atoms with Crippen molar-refractivity contribution in [2.75, 3.05) is 12.3 Å². The van der Waals surface area contributed by atoms with E-state index in [1.807, 2.05) is 22.6 Å². The summed E-state index contributed by atoms with van der Waals surface area (Å²) in [5.74, 6) is 0.153. The number of aromatic nitrogens is 2. The van der Waals surface area contributed by atoms with Gasteiger partial charge in [-0.3, -0.25) is 4.57 Å². The van der Waals surface area contributed by atoms with Gasteiger partial charge in [-0.2, -0.15) is 4.98 Å². The van der Waals surface area contributed by atoms with E-state index in [0.717, 1.165) is 0 Å².